The maximum absolute atomic E-state index is 11.7. The molecule has 0 aliphatic carbocycles. The number of nitrogens with one attached hydrogen (secondary N) is 1. The lowest BCUT2D eigenvalue weighted by Crippen LogP contribution is -2.51. The van der Waals surface area contributed by atoms with Crippen molar-refractivity contribution >= 4 is 11.9 Å². The van der Waals surface area contributed by atoms with Gasteiger partial charge in [0.25, 0.3) is 5.91 Å². The predicted octanol–water partition coefficient (Wildman–Crippen LogP) is 0.573. The first-order valence-electron chi connectivity index (χ1n) is 6.51. The number of hydrogen-bond donors (Lipinski definition) is 1. The first-order valence-corrected chi connectivity index (χ1v) is 6.51. The summed E-state index contributed by atoms with van der Waals surface area (Å²) in [5.41, 5.74) is 2.20. The van der Waals surface area contributed by atoms with Crippen molar-refractivity contribution in [2.45, 2.75) is 33.7 Å². The minimum atomic E-state index is -1.29. The Morgan fingerprint density at radius 2 is 1.90 bits per heavy atom. The first-order chi connectivity index (χ1) is 9.31. The molecule has 20 heavy (non-hydrogen) atoms. The monoisotopic (exact) mass is 278 g/mol. The van der Waals surface area contributed by atoms with Gasteiger partial charge in [-0.25, -0.2) is 0 Å². The number of benzene rings is 1. The van der Waals surface area contributed by atoms with Crippen molar-refractivity contribution < 1.29 is 19.4 Å². The maximum Gasteiger partial charge on any atom is 0.258 e. The highest BCUT2D eigenvalue weighted by Gasteiger charge is 2.17. The predicted molar refractivity (Wildman–Crippen MR) is 73.2 cm³/mol. The van der Waals surface area contributed by atoms with Crippen LogP contribution in [0.15, 0.2) is 18.2 Å². The molecule has 0 unspecified atom stereocenters. The molecule has 5 heteroatoms. The van der Waals surface area contributed by atoms with Crippen molar-refractivity contribution in [1.29, 1.82) is 0 Å². The SMILES string of the molecule is Cc1ccc(OCC(=O)N[C@H](C(=O)[O-])C(C)C)cc1C. The van der Waals surface area contributed by atoms with Gasteiger partial charge in [-0.05, 0) is 43.0 Å². The number of rotatable bonds is 6. The molecule has 1 atom stereocenters. The number of carbonyl (C=O) groups is 2. The van der Waals surface area contributed by atoms with Gasteiger partial charge in [-0.3, -0.25) is 4.79 Å². The summed E-state index contributed by atoms with van der Waals surface area (Å²) < 4.78 is 5.34. The van der Waals surface area contributed by atoms with Gasteiger partial charge in [-0.2, -0.15) is 0 Å². The van der Waals surface area contributed by atoms with Crippen LogP contribution >= 0.6 is 0 Å². The Balaban J connectivity index is 2.54. The Hall–Kier alpha value is -2.04. The number of carboxylic acids is 1. The van der Waals surface area contributed by atoms with Crippen molar-refractivity contribution in [3.05, 3.63) is 29.3 Å². The summed E-state index contributed by atoms with van der Waals surface area (Å²) in [4.78, 5) is 22.5. The Bertz CT molecular complexity index is 497. The molecule has 0 fully saturated rings. The van der Waals surface area contributed by atoms with Crippen molar-refractivity contribution in [2.75, 3.05) is 6.61 Å². The minimum absolute atomic E-state index is 0.223. The molecule has 1 N–H and O–H groups in total. The number of aliphatic carboxylic acids is 1. The molecule has 0 heterocycles. The van der Waals surface area contributed by atoms with E-state index in [2.05, 4.69) is 5.32 Å². The highest BCUT2D eigenvalue weighted by atomic mass is 16.5. The fraction of sp³-hybridized carbons (Fsp3) is 0.467. The van der Waals surface area contributed by atoms with Gasteiger partial charge in [-0.1, -0.05) is 19.9 Å². The molecule has 0 saturated heterocycles. The van der Waals surface area contributed by atoms with E-state index < -0.39 is 17.9 Å². The summed E-state index contributed by atoms with van der Waals surface area (Å²) in [5, 5.41) is 13.3. The van der Waals surface area contributed by atoms with E-state index in [0.717, 1.165) is 11.1 Å². The van der Waals surface area contributed by atoms with Gasteiger partial charge < -0.3 is 20.0 Å². The summed E-state index contributed by atoms with van der Waals surface area (Å²) in [7, 11) is 0. The lowest BCUT2D eigenvalue weighted by Gasteiger charge is -2.23. The second-order valence-corrected chi connectivity index (χ2v) is 5.14. The molecule has 0 aliphatic heterocycles. The van der Waals surface area contributed by atoms with E-state index in [1.54, 1.807) is 19.9 Å². The molecule has 0 radical (unpaired) electrons. The van der Waals surface area contributed by atoms with Gasteiger partial charge in [0.2, 0.25) is 0 Å². The van der Waals surface area contributed by atoms with Crippen LogP contribution in [-0.2, 0) is 9.59 Å². The third-order valence-corrected chi connectivity index (χ3v) is 3.09. The molecule has 0 spiro atoms. The van der Waals surface area contributed by atoms with Crippen molar-refractivity contribution in [3.8, 4) is 5.75 Å². The fourth-order valence-corrected chi connectivity index (χ4v) is 1.67. The van der Waals surface area contributed by atoms with E-state index in [4.69, 9.17) is 4.74 Å². The molecule has 0 saturated carbocycles. The largest absolute Gasteiger partial charge is 0.548 e. The van der Waals surface area contributed by atoms with Gasteiger partial charge in [0, 0.05) is 0 Å². The van der Waals surface area contributed by atoms with Crippen LogP contribution in [0.4, 0.5) is 0 Å². The second kappa shape index (κ2) is 6.93. The van der Waals surface area contributed by atoms with Crippen LogP contribution in [-0.4, -0.2) is 24.5 Å². The number of amides is 1. The van der Waals surface area contributed by atoms with E-state index in [9.17, 15) is 14.7 Å². The molecule has 5 nitrogen and oxygen atoms in total. The number of ether oxygens (including phenoxy) is 1. The van der Waals surface area contributed by atoms with E-state index in [1.807, 2.05) is 26.0 Å². The van der Waals surface area contributed by atoms with Crippen molar-refractivity contribution in [2.24, 2.45) is 5.92 Å². The standard InChI is InChI=1S/C15H21NO4/c1-9(2)14(15(18)19)16-13(17)8-20-12-6-5-10(3)11(4)7-12/h5-7,9,14H,8H2,1-4H3,(H,16,17)(H,18,19)/p-1/t14-/m0/s1. The second-order valence-electron chi connectivity index (χ2n) is 5.14. The zero-order chi connectivity index (χ0) is 15.3. The molecule has 110 valence electrons. The number of carbonyl (C=O) groups excluding carboxylic acids is 2. The van der Waals surface area contributed by atoms with Gasteiger partial charge >= 0.3 is 0 Å². The molecule has 1 rings (SSSR count). The normalized spacial score (nSPS) is 12.1. The molecule has 0 aromatic heterocycles. The summed E-state index contributed by atoms with van der Waals surface area (Å²) in [5.74, 6) is -1.44. The molecule has 1 amide bonds. The first kappa shape index (κ1) is 16.0. The van der Waals surface area contributed by atoms with Crippen molar-refractivity contribution in [1.82, 2.24) is 5.32 Å². The van der Waals surface area contributed by atoms with Crippen LogP contribution < -0.4 is 15.2 Å². The third kappa shape index (κ3) is 4.57. The van der Waals surface area contributed by atoms with E-state index in [1.165, 1.54) is 0 Å². The molecule has 0 aliphatic rings. The summed E-state index contributed by atoms with van der Waals surface area (Å²) >= 11 is 0. The lowest BCUT2D eigenvalue weighted by atomic mass is 10.1. The quantitative estimate of drug-likeness (QED) is 0.825. The smallest absolute Gasteiger partial charge is 0.258 e. The topological polar surface area (TPSA) is 78.5 Å². The molecule has 1 aromatic rings. The van der Waals surface area contributed by atoms with Crippen LogP contribution in [0.3, 0.4) is 0 Å². The molecular formula is C15H20NO4-. The minimum Gasteiger partial charge on any atom is -0.548 e. The third-order valence-electron chi connectivity index (χ3n) is 3.09. The Labute approximate surface area is 118 Å². The zero-order valence-electron chi connectivity index (χ0n) is 12.2. The Morgan fingerprint density at radius 3 is 2.40 bits per heavy atom. The van der Waals surface area contributed by atoms with E-state index in [-0.39, 0.29) is 12.5 Å². The van der Waals surface area contributed by atoms with Crippen LogP contribution in [0.5, 0.6) is 5.75 Å². The highest BCUT2D eigenvalue weighted by molar-refractivity contribution is 5.83. The average Bonchev–Trinajstić information content (AvgIpc) is 2.36. The van der Waals surface area contributed by atoms with Gasteiger partial charge in [0.1, 0.15) is 5.75 Å². The van der Waals surface area contributed by atoms with Crippen molar-refractivity contribution in [3.63, 3.8) is 0 Å². The van der Waals surface area contributed by atoms with Gasteiger partial charge in [0.05, 0.1) is 12.0 Å². The maximum atomic E-state index is 11.7. The Kier molecular flexibility index (Phi) is 5.55. The average molecular weight is 278 g/mol. The fourth-order valence-electron chi connectivity index (χ4n) is 1.67. The number of hydrogen-bond acceptors (Lipinski definition) is 4. The lowest BCUT2D eigenvalue weighted by molar-refractivity contribution is -0.309. The van der Waals surface area contributed by atoms with E-state index in [0.29, 0.717) is 5.75 Å². The summed E-state index contributed by atoms with van der Waals surface area (Å²) in [6.07, 6.45) is 0. The molecule has 0 bridgehead atoms. The van der Waals surface area contributed by atoms with Crippen LogP contribution in [0, 0.1) is 19.8 Å². The summed E-state index contributed by atoms with van der Waals surface area (Å²) in [6, 6.07) is 4.50. The zero-order valence-corrected chi connectivity index (χ0v) is 12.2. The van der Waals surface area contributed by atoms with Gasteiger partial charge in [0.15, 0.2) is 6.61 Å². The molecular weight excluding hydrogens is 258 g/mol. The number of aryl methyl sites for hydroxylation is 2. The highest BCUT2D eigenvalue weighted by Crippen LogP contribution is 2.16. The Morgan fingerprint density at radius 1 is 1.25 bits per heavy atom. The van der Waals surface area contributed by atoms with Gasteiger partial charge in [-0.15, -0.1) is 0 Å². The molecule has 1 aromatic carbocycles. The summed E-state index contributed by atoms with van der Waals surface area (Å²) in [6.45, 7) is 7.11. The van der Waals surface area contributed by atoms with Crippen LogP contribution in [0.25, 0.3) is 0 Å². The van der Waals surface area contributed by atoms with E-state index >= 15 is 0 Å². The van der Waals surface area contributed by atoms with Crippen LogP contribution in [0.1, 0.15) is 25.0 Å². The van der Waals surface area contributed by atoms with Crippen LogP contribution in [0.2, 0.25) is 0 Å². The number of carboxylic acid groups (broad SMARTS) is 1.